The Morgan fingerprint density at radius 1 is 0.684 bits per heavy atom. The average Bonchev–Trinajstić information content (AvgIpc) is 2.96. The van der Waals surface area contributed by atoms with Gasteiger partial charge in [-0.25, -0.2) is 4.39 Å². The van der Waals surface area contributed by atoms with Crippen LogP contribution >= 0.6 is 0 Å². The van der Waals surface area contributed by atoms with E-state index in [1.165, 1.54) is 47.7 Å². The lowest BCUT2D eigenvalue weighted by Gasteiger charge is -2.40. The molecule has 0 unspecified atom stereocenters. The Labute approximate surface area is 220 Å². The van der Waals surface area contributed by atoms with Gasteiger partial charge in [0.2, 0.25) is 0 Å². The number of pyridine rings is 1. The molecule has 1 saturated heterocycles. The van der Waals surface area contributed by atoms with Crippen LogP contribution in [0.4, 0.5) is 4.39 Å². The molecule has 4 aromatic rings. The fraction of sp³-hybridized carbons (Fsp3) is 0.194. The lowest BCUT2D eigenvalue weighted by molar-refractivity contribution is -0.135. The lowest BCUT2D eigenvalue weighted by atomic mass is 9.96. The zero-order chi connectivity index (χ0) is 26.5. The first-order chi connectivity index (χ1) is 18.5. The molecule has 38 heavy (non-hydrogen) atoms. The summed E-state index contributed by atoms with van der Waals surface area (Å²) in [5.41, 5.74) is 2.05. The Balaban J connectivity index is 1.40. The second-order valence-electron chi connectivity index (χ2n) is 9.30. The molecule has 0 N–H and O–H groups in total. The number of aromatic nitrogens is 1. The summed E-state index contributed by atoms with van der Waals surface area (Å²) in [6.45, 7) is 2.01. The summed E-state index contributed by atoms with van der Waals surface area (Å²) in [5.74, 6) is -1.47. The molecule has 0 spiro atoms. The van der Waals surface area contributed by atoms with E-state index >= 15 is 0 Å². The number of piperazine rings is 1. The van der Waals surface area contributed by atoms with Gasteiger partial charge in [-0.2, -0.15) is 0 Å². The van der Waals surface area contributed by atoms with Gasteiger partial charge in [-0.05, 0) is 41.5 Å². The molecule has 6 nitrogen and oxygen atoms in total. The number of ketones is 1. The van der Waals surface area contributed by atoms with Crippen molar-refractivity contribution in [1.82, 2.24) is 14.4 Å². The fourth-order valence-electron chi connectivity index (χ4n) is 5.04. The van der Waals surface area contributed by atoms with Gasteiger partial charge in [0.25, 0.3) is 11.5 Å². The quantitative estimate of drug-likeness (QED) is 0.275. The van der Waals surface area contributed by atoms with Gasteiger partial charge in [0, 0.05) is 44.0 Å². The van der Waals surface area contributed by atoms with Crippen molar-refractivity contribution in [3.63, 3.8) is 0 Å². The molecule has 0 radical (unpaired) electrons. The van der Waals surface area contributed by atoms with Gasteiger partial charge >= 0.3 is 0 Å². The lowest BCUT2D eigenvalue weighted by Crippen LogP contribution is -2.53. The third-order valence-electron chi connectivity index (χ3n) is 6.96. The summed E-state index contributed by atoms with van der Waals surface area (Å²) < 4.78 is 14.7. The van der Waals surface area contributed by atoms with Crippen LogP contribution in [0.1, 0.15) is 33.6 Å². The maximum atomic E-state index is 13.8. The number of hydrogen-bond donors (Lipinski definition) is 0. The van der Waals surface area contributed by atoms with Crippen molar-refractivity contribution in [3.05, 3.63) is 142 Å². The van der Waals surface area contributed by atoms with Crippen molar-refractivity contribution in [3.8, 4) is 0 Å². The van der Waals surface area contributed by atoms with Gasteiger partial charge in [-0.3, -0.25) is 23.9 Å². The molecule has 1 amide bonds. The molecule has 1 atom stereocenters. The molecular weight excluding hydrogens is 481 g/mol. The van der Waals surface area contributed by atoms with Gasteiger partial charge < -0.3 is 4.90 Å². The zero-order valence-electron chi connectivity index (χ0n) is 20.8. The molecule has 0 saturated carbocycles. The number of nitrogens with zero attached hydrogens (tertiary/aromatic N) is 3. The van der Waals surface area contributed by atoms with E-state index in [1.807, 2.05) is 36.4 Å². The first-order valence-electron chi connectivity index (χ1n) is 12.6. The maximum Gasteiger partial charge on any atom is 0.253 e. The van der Waals surface area contributed by atoms with Gasteiger partial charge in [-0.1, -0.05) is 66.7 Å². The van der Waals surface area contributed by atoms with Gasteiger partial charge in [0.15, 0.2) is 11.8 Å². The number of amides is 1. The molecule has 0 bridgehead atoms. The first kappa shape index (κ1) is 25.3. The van der Waals surface area contributed by atoms with Gasteiger partial charge in [0.1, 0.15) is 5.82 Å². The normalized spacial score (nSPS) is 14.8. The number of carbonyl (C=O) groups excluding carboxylic acids is 2. The minimum absolute atomic E-state index is 0.0306. The Hall–Kier alpha value is -4.36. The average molecular weight is 510 g/mol. The van der Waals surface area contributed by atoms with E-state index in [1.54, 1.807) is 17.0 Å². The number of carbonyl (C=O) groups is 2. The van der Waals surface area contributed by atoms with Gasteiger partial charge in [0.05, 0.1) is 6.04 Å². The van der Waals surface area contributed by atoms with Crippen molar-refractivity contribution in [1.29, 1.82) is 0 Å². The van der Waals surface area contributed by atoms with Crippen LogP contribution in [-0.4, -0.2) is 52.2 Å². The molecule has 2 heterocycles. The Morgan fingerprint density at radius 2 is 1.24 bits per heavy atom. The highest BCUT2D eigenvalue weighted by Gasteiger charge is 2.36. The Kier molecular flexibility index (Phi) is 7.56. The topological polar surface area (TPSA) is 62.6 Å². The van der Waals surface area contributed by atoms with E-state index in [0.29, 0.717) is 26.2 Å². The van der Waals surface area contributed by atoms with Crippen molar-refractivity contribution in [2.24, 2.45) is 0 Å². The number of hydrogen-bond acceptors (Lipinski definition) is 4. The van der Waals surface area contributed by atoms with E-state index in [0.717, 1.165) is 4.57 Å². The van der Waals surface area contributed by atoms with E-state index in [4.69, 9.17) is 0 Å². The SMILES string of the molecule is O=C(c1ccc(F)cc1)[C@@H](C(=O)N1CCN(C(c2ccccc2)c2ccccc2)CC1)n1ccccc1=O. The summed E-state index contributed by atoms with van der Waals surface area (Å²) >= 11 is 0. The molecule has 1 aliphatic heterocycles. The van der Waals surface area contributed by atoms with Crippen LogP contribution in [0, 0.1) is 5.82 Å². The second-order valence-corrected chi connectivity index (χ2v) is 9.30. The van der Waals surface area contributed by atoms with Crippen LogP contribution in [0.2, 0.25) is 0 Å². The van der Waals surface area contributed by atoms with Crippen LogP contribution in [-0.2, 0) is 4.79 Å². The third-order valence-corrected chi connectivity index (χ3v) is 6.96. The highest BCUT2D eigenvalue weighted by molar-refractivity contribution is 6.11. The van der Waals surface area contributed by atoms with Crippen molar-refractivity contribution >= 4 is 11.7 Å². The minimum atomic E-state index is -1.36. The maximum absolute atomic E-state index is 13.8. The van der Waals surface area contributed by atoms with Gasteiger partial charge in [-0.15, -0.1) is 0 Å². The fourth-order valence-corrected chi connectivity index (χ4v) is 5.04. The molecule has 0 aliphatic carbocycles. The predicted octanol–water partition coefficient (Wildman–Crippen LogP) is 4.35. The Bertz CT molecular complexity index is 1410. The number of Topliss-reactive ketones (excluding diaryl/α,β-unsaturated/α-hetero) is 1. The number of halogens is 1. The van der Waals surface area contributed by atoms with Crippen LogP contribution in [0.5, 0.6) is 0 Å². The third kappa shape index (κ3) is 5.33. The predicted molar refractivity (Wildman–Crippen MR) is 143 cm³/mol. The highest BCUT2D eigenvalue weighted by Crippen LogP contribution is 2.30. The standard InChI is InChI=1S/C31H28FN3O3/c32-26-16-14-25(15-17-26)30(37)29(35-18-8-7-13-27(35)36)31(38)34-21-19-33(20-22-34)28(23-9-3-1-4-10-23)24-11-5-2-6-12-24/h1-18,28-29H,19-22H2/t29-/m0/s1. The van der Waals surface area contributed by atoms with E-state index < -0.39 is 29.1 Å². The van der Waals surface area contributed by atoms with Crippen LogP contribution in [0.25, 0.3) is 0 Å². The number of benzene rings is 3. The molecule has 1 aromatic heterocycles. The molecule has 1 fully saturated rings. The molecule has 7 heteroatoms. The van der Waals surface area contributed by atoms with Crippen LogP contribution < -0.4 is 5.56 Å². The summed E-state index contributed by atoms with van der Waals surface area (Å²) in [5, 5.41) is 0. The smallest absolute Gasteiger partial charge is 0.253 e. The summed E-state index contributed by atoms with van der Waals surface area (Å²) in [4.78, 5) is 43.9. The summed E-state index contributed by atoms with van der Waals surface area (Å²) in [6, 6.07) is 28.7. The molecular formula is C31H28FN3O3. The van der Waals surface area contributed by atoms with E-state index in [-0.39, 0.29) is 11.6 Å². The number of rotatable bonds is 7. The summed E-state index contributed by atoms with van der Waals surface area (Å²) in [7, 11) is 0. The Morgan fingerprint density at radius 3 is 1.79 bits per heavy atom. The molecule has 1 aliphatic rings. The van der Waals surface area contributed by atoms with Crippen molar-refractivity contribution < 1.29 is 14.0 Å². The second kappa shape index (κ2) is 11.4. The van der Waals surface area contributed by atoms with Crippen molar-refractivity contribution in [2.45, 2.75) is 12.1 Å². The van der Waals surface area contributed by atoms with Crippen LogP contribution in [0.3, 0.4) is 0 Å². The minimum Gasteiger partial charge on any atom is -0.338 e. The van der Waals surface area contributed by atoms with E-state index in [9.17, 15) is 18.8 Å². The van der Waals surface area contributed by atoms with Crippen molar-refractivity contribution in [2.75, 3.05) is 26.2 Å². The molecule has 5 rings (SSSR count). The zero-order valence-corrected chi connectivity index (χ0v) is 20.8. The van der Waals surface area contributed by atoms with E-state index in [2.05, 4.69) is 29.2 Å². The largest absolute Gasteiger partial charge is 0.338 e. The monoisotopic (exact) mass is 509 g/mol. The van der Waals surface area contributed by atoms with Crippen LogP contribution in [0.15, 0.2) is 114 Å². The summed E-state index contributed by atoms with van der Waals surface area (Å²) in [6.07, 6.45) is 1.45. The molecule has 192 valence electrons. The first-order valence-corrected chi connectivity index (χ1v) is 12.6. The molecule has 3 aromatic carbocycles. The highest BCUT2D eigenvalue weighted by atomic mass is 19.1.